The van der Waals surface area contributed by atoms with Gasteiger partial charge in [0.2, 0.25) is 0 Å². The summed E-state index contributed by atoms with van der Waals surface area (Å²) in [5.41, 5.74) is 17.8. The van der Waals surface area contributed by atoms with E-state index in [1.54, 1.807) is 0 Å². The Labute approximate surface area is 365 Å². The number of anilines is 5. The van der Waals surface area contributed by atoms with E-state index in [-0.39, 0.29) is 6.04 Å². The Morgan fingerprint density at radius 3 is 0.919 bits per heavy atom. The minimum atomic E-state index is 0.174. The first kappa shape index (κ1) is 38.3. The van der Waals surface area contributed by atoms with Crippen molar-refractivity contribution < 1.29 is 0 Å². The third-order valence-electron chi connectivity index (χ3n) is 11.8. The van der Waals surface area contributed by atoms with Gasteiger partial charge in [-0.05, 0) is 123 Å². The van der Waals surface area contributed by atoms with E-state index in [0.717, 1.165) is 29.2 Å². The van der Waals surface area contributed by atoms with Crippen molar-refractivity contribution in [3.63, 3.8) is 0 Å². The number of nitrogens with zero attached hydrogens (tertiary/aromatic N) is 2. The van der Waals surface area contributed by atoms with Crippen molar-refractivity contribution in [3.05, 3.63) is 266 Å². The highest BCUT2D eigenvalue weighted by Gasteiger charge is 2.21. The van der Waals surface area contributed by atoms with E-state index in [9.17, 15) is 0 Å². The molecule has 1 aliphatic rings. The molecule has 0 amide bonds. The molecule has 0 saturated carbocycles. The molecule has 1 unspecified atom stereocenters. The molecule has 2 heteroatoms. The van der Waals surface area contributed by atoms with Gasteiger partial charge in [-0.3, -0.25) is 0 Å². The van der Waals surface area contributed by atoms with Crippen molar-refractivity contribution in [1.29, 1.82) is 0 Å². The number of hydrogen-bond acceptors (Lipinski definition) is 2. The van der Waals surface area contributed by atoms with Crippen molar-refractivity contribution in [2.45, 2.75) is 12.5 Å². The SMILES string of the molecule is C1=CC(N(c2ccc(-c3ccccc3)cc2)c2ccc(-c3ccc(N(c4ccccc4)c4ccc(-c5ccc(-c6ccccc6)cc5)cc4)cc3)cc2)CC=C1c1ccccc1. The van der Waals surface area contributed by atoms with Crippen molar-refractivity contribution in [1.82, 2.24) is 0 Å². The molecular formula is C60H46N2. The summed E-state index contributed by atoms with van der Waals surface area (Å²) in [7, 11) is 0. The predicted molar refractivity (Wildman–Crippen MR) is 263 cm³/mol. The second-order valence-corrected chi connectivity index (χ2v) is 15.7. The molecular weight excluding hydrogens is 749 g/mol. The van der Waals surface area contributed by atoms with Gasteiger partial charge in [-0.2, -0.15) is 0 Å². The molecule has 0 bridgehead atoms. The van der Waals surface area contributed by atoms with E-state index < -0.39 is 0 Å². The standard InChI is InChI=1S/C60H46N2/c1-5-13-45(14-6-1)48-21-23-49(24-22-48)52-29-39-56(40-30-52)61(55-19-11-4-12-20-55)57-41-31-53(32-42-57)54-33-43-60(44-34-54)62(58-35-25-50(26-36-58)46-15-7-2-8-16-46)59-37-27-51(28-38-59)47-17-9-3-10-18-47/h1-37,39-44,59H,38H2. The zero-order valence-electron chi connectivity index (χ0n) is 34.5. The largest absolute Gasteiger partial charge is 0.334 e. The molecule has 0 N–H and O–H groups in total. The summed E-state index contributed by atoms with van der Waals surface area (Å²) in [5.74, 6) is 0. The van der Waals surface area contributed by atoms with Gasteiger partial charge in [0.05, 0.1) is 6.04 Å². The Kier molecular flexibility index (Phi) is 10.9. The van der Waals surface area contributed by atoms with E-state index in [0.29, 0.717) is 0 Å². The quantitative estimate of drug-likeness (QED) is 0.129. The molecule has 0 spiro atoms. The molecule has 9 aromatic rings. The van der Waals surface area contributed by atoms with Gasteiger partial charge in [-0.1, -0.05) is 200 Å². The second kappa shape index (κ2) is 17.7. The maximum Gasteiger partial charge on any atom is 0.0560 e. The van der Waals surface area contributed by atoms with Crippen LogP contribution in [0, 0.1) is 0 Å². The number of benzene rings is 9. The molecule has 0 fully saturated rings. The molecule has 1 aliphatic carbocycles. The third-order valence-corrected chi connectivity index (χ3v) is 11.8. The van der Waals surface area contributed by atoms with Crippen LogP contribution in [0.1, 0.15) is 12.0 Å². The Balaban J connectivity index is 0.908. The number of para-hydroxylation sites is 1. The third kappa shape index (κ3) is 8.28. The summed E-state index contributed by atoms with van der Waals surface area (Å²) < 4.78 is 0. The van der Waals surface area contributed by atoms with Crippen LogP contribution >= 0.6 is 0 Å². The van der Waals surface area contributed by atoms with Crippen LogP contribution in [-0.4, -0.2) is 6.04 Å². The number of allylic oxidation sites excluding steroid dienone is 2. The van der Waals surface area contributed by atoms with Crippen molar-refractivity contribution in [2.24, 2.45) is 0 Å². The van der Waals surface area contributed by atoms with Crippen LogP contribution in [0.3, 0.4) is 0 Å². The van der Waals surface area contributed by atoms with Crippen LogP contribution in [0.2, 0.25) is 0 Å². The summed E-state index contributed by atoms with van der Waals surface area (Å²) >= 11 is 0. The summed E-state index contributed by atoms with van der Waals surface area (Å²) in [6, 6.07) is 87.3. The Morgan fingerprint density at radius 2 is 0.565 bits per heavy atom. The predicted octanol–water partition coefficient (Wildman–Crippen LogP) is 16.4. The molecule has 10 rings (SSSR count). The first-order valence-corrected chi connectivity index (χ1v) is 21.4. The highest BCUT2D eigenvalue weighted by molar-refractivity contribution is 5.82. The van der Waals surface area contributed by atoms with Gasteiger partial charge >= 0.3 is 0 Å². The molecule has 0 radical (unpaired) electrons. The van der Waals surface area contributed by atoms with Crippen LogP contribution in [0.4, 0.5) is 28.4 Å². The minimum Gasteiger partial charge on any atom is -0.334 e. The molecule has 62 heavy (non-hydrogen) atoms. The average molecular weight is 795 g/mol. The molecule has 2 nitrogen and oxygen atoms in total. The van der Waals surface area contributed by atoms with Gasteiger partial charge in [0.1, 0.15) is 0 Å². The van der Waals surface area contributed by atoms with Crippen LogP contribution in [-0.2, 0) is 0 Å². The average Bonchev–Trinajstić information content (AvgIpc) is 3.36. The topological polar surface area (TPSA) is 6.48 Å². The van der Waals surface area contributed by atoms with E-state index >= 15 is 0 Å². The molecule has 0 aromatic heterocycles. The fourth-order valence-corrected chi connectivity index (χ4v) is 8.55. The van der Waals surface area contributed by atoms with Crippen LogP contribution in [0.5, 0.6) is 0 Å². The fraction of sp³-hybridized carbons (Fsp3) is 0.0333. The van der Waals surface area contributed by atoms with Gasteiger partial charge < -0.3 is 9.80 Å². The van der Waals surface area contributed by atoms with E-state index in [1.807, 2.05) is 0 Å². The smallest absolute Gasteiger partial charge is 0.0560 e. The molecule has 0 saturated heterocycles. The van der Waals surface area contributed by atoms with Gasteiger partial charge in [-0.15, -0.1) is 0 Å². The lowest BCUT2D eigenvalue weighted by atomic mass is 9.95. The summed E-state index contributed by atoms with van der Waals surface area (Å²) in [6.45, 7) is 0. The lowest BCUT2D eigenvalue weighted by Crippen LogP contribution is -2.30. The monoisotopic (exact) mass is 794 g/mol. The number of rotatable bonds is 11. The highest BCUT2D eigenvalue weighted by Crippen LogP contribution is 2.39. The lowest BCUT2D eigenvalue weighted by Gasteiger charge is -2.33. The molecule has 296 valence electrons. The van der Waals surface area contributed by atoms with E-state index in [2.05, 4.69) is 271 Å². The van der Waals surface area contributed by atoms with Crippen molar-refractivity contribution in [3.8, 4) is 44.5 Å². The fourth-order valence-electron chi connectivity index (χ4n) is 8.55. The summed E-state index contributed by atoms with van der Waals surface area (Å²) in [6.07, 6.45) is 7.92. The zero-order chi connectivity index (χ0) is 41.5. The maximum atomic E-state index is 2.47. The van der Waals surface area contributed by atoms with Crippen molar-refractivity contribution >= 4 is 34.0 Å². The van der Waals surface area contributed by atoms with Gasteiger partial charge in [0.25, 0.3) is 0 Å². The molecule has 0 heterocycles. The van der Waals surface area contributed by atoms with Crippen LogP contribution in [0.15, 0.2) is 261 Å². The lowest BCUT2D eigenvalue weighted by molar-refractivity contribution is 0.787. The molecule has 9 aromatic carbocycles. The van der Waals surface area contributed by atoms with Crippen LogP contribution < -0.4 is 9.80 Å². The Hall–Kier alpha value is -7.94. The van der Waals surface area contributed by atoms with Gasteiger partial charge in [-0.25, -0.2) is 0 Å². The normalized spacial score (nSPS) is 13.3. The summed E-state index contributed by atoms with van der Waals surface area (Å²) in [4.78, 5) is 4.80. The summed E-state index contributed by atoms with van der Waals surface area (Å²) in [5, 5.41) is 0. The Morgan fingerprint density at radius 1 is 0.274 bits per heavy atom. The molecule has 1 atom stereocenters. The first-order valence-electron chi connectivity index (χ1n) is 21.4. The minimum absolute atomic E-state index is 0.174. The highest BCUT2D eigenvalue weighted by atomic mass is 15.2. The molecule has 0 aliphatic heterocycles. The maximum absolute atomic E-state index is 2.47. The van der Waals surface area contributed by atoms with E-state index in [4.69, 9.17) is 0 Å². The van der Waals surface area contributed by atoms with Crippen LogP contribution in [0.25, 0.3) is 50.1 Å². The van der Waals surface area contributed by atoms with Gasteiger partial charge in [0.15, 0.2) is 0 Å². The van der Waals surface area contributed by atoms with E-state index in [1.165, 1.54) is 61.3 Å². The second-order valence-electron chi connectivity index (χ2n) is 15.7. The van der Waals surface area contributed by atoms with Crippen molar-refractivity contribution in [2.75, 3.05) is 9.80 Å². The number of hydrogen-bond donors (Lipinski definition) is 0. The first-order chi connectivity index (χ1) is 30.7. The Bertz CT molecular complexity index is 2900. The zero-order valence-corrected chi connectivity index (χ0v) is 34.5. The van der Waals surface area contributed by atoms with Gasteiger partial charge in [0, 0.05) is 28.4 Å².